The van der Waals surface area contributed by atoms with Crippen LogP contribution in [0.15, 0.2) is 72.8 Å². The van der Waals surface area contributed by atoms with Crippen molar-refractivity contribution in [1.82, 2.24) is 4.98 Å². The highest BCUT2D eigenvalue weighted by molar-refractivity contribution is 6.06. The van der Waals surface area contributed by atoms with Gasteiger partial charge in [-0.3, -0.25) is 14.4 Å². The Hall–Kier alpha value is -4.39. The molecule has 7 heteroatoms. The van der Waals surface area contributed by atoms with E-state index in [9.17, 15) is 19.5 Å². The summed E-state index contributed by atoms with van der Waals surface area (Å²) in [5.41, 5.74) is 3.13. The molecule has 3 aromatic carbocycles. The van der Waals surface area contributed by atoms with Crippen LogP contribution < -0.4 is 10.1 Å². The first-order valence-corrected chi connectivity index (χ1v) is 11.1. The number of methoxy groups -OCH3 is 1. The minimum atomic E-state index is -1.12. The third kappa shape index (κ3) is 5.24. The van der Waals surface area contributed by atoms with Crippen molar-refractivity contribution in [3.8, 4) is 16.9 Å². The third-order valence-corrected chi connectivity index (χ3v) is 5.94. The number of carboxylic acid groups (broad SMARTS) is 1. The van der Waals surface area contributed by atoms with E-state index in [0.29, 0.717) is 16.9 Å². The number of anilines is 1. The average Bonchev–Trinajstić information content (AvgIpc) is 3.28. The molecule has 0 saturated heterocycles. The van der Waals surface area contributed by atoms with E-state index in [-0.39, 0.29) is 18.1 Å². The van der Waals surface area contributed by atoms with E-state index in [1.165, 1.54) is 13.8 Å². The maximum atomic E-state index is 12.7. The van der Waals surface area contributed by atoms with E-state index in [1.54, 1.807) is 25.3 Å². The number of rotatable bonds is 8. The van der Waals surface area contributed by atoms with Crippen LogP contribution in [0.4, 0.5) is 5.69 Å². The summed E-state index contributed by atoms with van der Waals surface area (Å²) in [5.74, 6) is -0.738. The van der Waals surface area contributed by atoms with E-state index in [4.69, 9.17) is 4.74 Å². The van der Waals surface area contributed by atoms with Gasteiger partial charge in [0.1, 0.15) is 11.4 Å². The number of aliphatic carboxylic acids is 1. The van der Waals surface area contributed by atoms with E-state index in [0.717, 1.165) is 27.8 Å². The van der Waals surface area contributed by atoms with Gasteiger partial charge in [-0.15, -0.1) is 0 Å². The fourth-order valence-electron chi connectivity index (χ4n) is 3.73. The predicted octanol–water partition coefficient (Wildman–Crippen LogP) is 5.78. The number of aromatic amines is 1. The van der Waals surface area contributed by atoms with E-state index >= 15 is 0 Å². The Morgan fingerprint density at radius 3 is 2.14 bits per heavy atom. The van der Waals surface area contributed by atoms with Crippen LogP contribution in [0.1, 0.15) is 41.1 Å². The molecule has 35 heavy (non-hydrogen) atoms. The van der Waals surface area contributed by atoms with Crippen LogP contribution in [0.5, 0.6) is 5.75 Å². The first kappa shape index (κ1) is 23.8. The van der Waals surface area contributed by atoms with Gasteiger partial charge in [-0.1, -0.05) is 36.4 Å². The zero-order valence-electron chi connectivity index (χ0n) is 19.7. The molecule has 0 unspecified atom stereocenters. The smallest absolute Gasteiger partial charge is 0.309 e. The van der Waals surface area contributed by atoms with Gasteiger partial charge in [-0.2, -0.15) is 0 Å². The molecule has 0 aliphatic heterocycles. The van der Waals surface area contributed by atoms with Gasteiger partial charge < -0.3 is 20.1 Å². The highest BCUT2D eigenvalue weighted by Crippen LogP contribution is 2.26. The number of aromatic nitrogens is 1. The molecule has 1 aromatic heterocycles. The monoisotopic (exact) mass is 470 g/mol. The summed E-state index contributed by atoms with van der Waals surface area (Å²) in [7, 11) is 1.60. The minimum Gasteiger partial charge on any atom is -0.497 e. The van der Waals surface area contributed by atoms with Gasteiger partial charge in [0.2, 0.25) is 0 Å². The lowest BCUT2D eigenvalue weighted by atomic mass is 9.85. The SMILES string of the molecule is COc1ccc2[nH]c(C(=O)Nc3ccc(-c4ccc(C(=O)CC(C)(C)C(=O)O)cc4)cc3)cc2c1. The number of H-pyrrole nitrogens is 1. The van der Waals surface area contributed by atoms with Gasteiger partial charge in [0.05, 0.1) is 12.5 Å². The van der Waals surface area contributed by atoms with Gasteiger partial charge in [0.15, 0.2) is 5.78 Å². The summed E-state index contributed by atoms with van der Waals surface area (Å²) in [6.45, 7) is 3.08. The Kier molecular flexibility index (Phi) is 6.42. The Bertz CT molecular complexity index is 1400. The van der Waals surface area contributed by atoms with Crippen LogP contribution >= 0.6 is 0 Å². The maximum absolute atomic E-state index is 12.7. The molecule has 1 heterocycles. The lowest BCUT2D eigenvalue weighted by molar-refractivity contribution is -0.146. The van der Waals surface area contributed by atoms with Crippen molar-refractivity contribution in [2.75, 3.05) is 12.4 Å². The zero-order valence-corrected chi connectivity index (χ0v) is 19.7. The molecule has 0 saturated carbocycles. The molecule has 7 nitrogen and oxygen atoms in total. The van der Waals surface area contributed by atoms with Crippen LogP contribution in [-0.4, -0.2) is 34.9 Å². The van der Waals surface area contributed by atoms with Gasteiger partial charge in [0, 0.05) is 28.6 Å². The Labute approximate surface area is 202 Å². The zero-order chi connectivity index (χ0) is 25.2. The summed E-state index contributed by atoms with van der Waals surface area (Å²) in [6.07, 6.45) is -0.0695. The molecule has 0 spiro atoms. The number of carbonyl (C=O) groups is 3. The number of hydrogen-bond donors (Lipinski definition) is 3. The number of ketones is 1. The number of nitrogens with one attached hydrogen (secondary N) is 2. The first-order valence-electron chi connectivity index (χ1n) is 11.1. The first-order chi connectivity index (χ1) is 16.7. The second-order valence-electron chi connectivity index (χ2n) is 9.03. The molecule has 0 fully saturated rings. The highest BCUT2D eigenvalue weighted by atomic mass is 16.5. The van der Waals surface area contributed by atoms with Crippen molar-refractivity contribution in [3.05, 3.63) is 84.1 Å². The Morgan fingerprint density at radius 1 is 0.914 bits per heavy atom. The quantitative estimate of drug-likeness (QED) is 0.283. The fraction of sp³-hybridized carbons (Fsp3) is 0.179. The lowest BCUT2D eigenvalue weighted by Crippen LogP contribution is -2.26. The van der Waals surface area contributed by atoms with Crippen molar-refractivity contribution in [1.29, 1.82) is 0 Å². The van der Waals surface area contributed by atoms with Gasteiger partial charge >= 0.3 is 5.97 Å². The second kappa shape index (κ2) is 9.46. The van der Waals surface area contributed by atoms with Crippen LogP contribution in [0.3, 0.4) is 0 Å². The molecule has 3 N–H and O–H groups in total. The number of benzene rings is 3. The van der Waals surface area contributed by atoms with E-state index in [1.807, 2.05) is 54.6 Å². The van der Waals surface area contributed by atoms with Gasteiger partial charge in [0.25, 0.3) is 5.91 Å². The molecule has 0 bridgehead atoms. The number of carbonyl (C=O) groups excluding carboxylic acids is 2. The number of amides is 1. The summed E-state index contributed by atoms with van der Waals surface area (Å²) >= 11 is 0. The summed E-state index contributed by atoms with van der Waals surface area (Å²) in [6, 6.07) is 21.8. The van der Waals surface area contributed by atoms with Crippen molar-refractivity contribution in [3.63, 3.8) is 0 Å². The standard InChI is InChI=1S/C28H26N2O5/c1-28(2,27(33)34)16-25(31)19-6-4-17(5-7-19)18-8-10-21(11-9-18)29-26(32)24-15-20-14-22(35-3)12-13-23(20)30-24/h4-15,30H,16H2,1-3H3,(H,29,32)(H,33,34). The molecular weight excluding hydrogens is 444 g/mol. The van der Waals surface area contributed by atoms with Crippen molar-refractivity contribution < 1.29 is 24.2 Å². The molecule has 178 valence electrons. The average molecular weight is 471 g/mol. The fourth-order valence-corrected chi connectivity index (χ4v) is 3.73. The van der Waals surface area contributed by atoms with Crippen LogP contribution in [0.25, 0.3) is 22.0 Å². The predicted molar refractivity (Wildman–Crippen MR) is 135 cm³/mol. The van der Waals surface area contributed by atoms with E-state index < -0.39 is 11.4 Å². The number of fused-ring (bicyclic) bond motifs is 1. The third-order valence-electron chi connectivity index (χ3n) is 5.94. The van der Waals surface area contributed by atoms with Crippen LogP contribution in [-0.2, 0) is 4.79 Å². The maximum Gasteiger partial charge on any atom is 0.309 e. The van der Waals surface area contributed by atoms with E-state index in [2.05, 4.69) is 10.3 Å². The van der Waals surface area contributed by atoms with Crippen LogP contribution in [0, 0.1) is 5.41 Å². The molecule has 0 aliphatic carbocycles. The Balaban J connectivity index is 1.43. The molecule has 0 atom stereocenters. The Morgan fingerprint density at radius 2 is 1.54 bits per heavy atom. The summed E-state index contributed by atoms with van der Waals surface area (Å²) in [4.78, 5) is 39.5. The van der Waals surface area contributed by atoms with Crippen molar-refractivity contribution in [2.24, 2.45) is 5.41 Å². The van der Waals surface area contributed by atoms with Crippen LogP contribution in [0.2, 0.25) is 0 Å². The number of ether oxygens (including phenoxy) is 1. The number of Topliss-reactive ketones (excluding diaryl/α,β-unsaturated/α-hetero) is 1. The molecular formula is C28H26N2O5. The molecule has 0 radical (unpaired) electrons. The highest BCUT2D eigenvalue weighted by Gasteiger charge is 2.30. The molecule has 1 amide bonds. The molecule has 4 aromatic rings. The summed E-state index contributed by atoms with van der Waals surface area (Å²) < 4.78 is 5.23. The van der Waals surface area contributed by atoms with Crippen molar-refractivity contribution in [2.45, 2.75) is 20.3 Å². The molecule has 4 rings (SSSR count). The normalized spacial score (nSPS) is 11.3. The molecule has 0 aliphatic rings. The second-order valence-corrected chi connectivity index (χ2v) is 9.03. The number of carboxylic acids is 1. The minimum absolute atomic E-state index is 0.0695. The van der Waals surface area contributed by atoms with Crippen molar-refractivity contribution >= 4 is 34.3 Å². The summed E-state index contributed by atoms with van der Waals surface area (Å²) in [5, 5.41) is 13.0. The lowest BCUT2D eigenvalue weighted by Gasteiger charge is -2.17. The van der Waals surface area contributed by atoms with Gasteiger partial charge in [-0.25, -0.2) is 0 Å². The topological polar surface area (TPSA) is 108 Å². The largest absolute Gasteiger partial charge is 0.497 e. The number of hydrogen-bond acceptors (Lipinski definition) is 4. The van der Waals surface area contributed by atoms with Gasteiger partial charge in [-0.05, 0) is 61.4 Å².